The molecule has 52 heavy (non-hydrogen) atoms. The summed E-state index contributed by atoms with van der Waals surface area (Å²) in [6, 6.07) is 26.8. The van der Waals surface area contributed by atoms with E-state index >= 15 is 0 Å². The molecule has 6 rings (SSSR count). The fourth-order valence-corrected chi connectivity index (χ4v) is 6.65. The Balaban J connectivity index is 0.877. The molecule has 6 heterocycles. The van der Waals surface area contributed by atoms with Gasteiger partial charge in [0.2, 0.25) is 0 Å². The highest BCUT2D eigenvalue weighted by molar-refractivity contribution is 5.62. The zero-order chi connectivity index (χ0) is 35.8. The van der Waals surface area contributed by atoms with E-state index in [0.717, 1.165) is 65.0 Å². The number of aromatic nitrogens is 6. The molecular formula is C46H58N6+6. The Morgan fingerprint density at radius 1 is 0.250 bits per heavy atom. The molecule has 0 spiro atoms. The molecule has 0 atom stereocenters. The normalized spacial score (nSPS) is 11.2. The fraction of sp³-hybridized carbons (Fsp3) is 0.348. The van der Waals surface area contributed by atoms with Crippen LogP contribution >= 0.6 is 0 Å². The van der Waals surface area contributed by atoms with Gasteiger partial charge in [-0.1, -0.05) is 26.7 Å². The Hall–Kier alpha value is -5.10. The average Bonchev–Trinajstić information content (AvgIpc) is 3.21. The lowest BCUT2D eigenvalue weighted by atomic mass is 10.1. The number of hydrogen-bond acceptors (Lipinski definition) is 0. The summed E-state index contributed by atoms with van der Waals surface area (Å²) in [5, 5.41) is 0. The first kappa shape index (κ1) is 36.7. The van der Waals surface area contributed by atoms with Crippen LogP contribution in [0.5, 0.6) is 0 Å². The first-order chi connectivity index (χ1) is 25.7. The van der Waals surface area contributed by atoms with Gasteiger partial charge in [0, 0.05) is 111 Å². The summed E-state index contributed by atoms with van der Waals surface area (Å²) in [5.41, 5.74) is 7.62. The molecule has 6 aromatic rings. The van der Waals surface area contributed by atoms with Gasteiger partial charge in [-0.15, -0.1) is 0 Å². The molecule has 0 amide bonds. The first-order valence-corrected chi connectivity index (χ1v) is 19.6. The van der Waals surface area contributed by atoms with Crippen LogP contribution < -0.4 is 27.4 Å². The summed E-state index contributed by atoms with van der Waals surface area (Å²) in [6.45, 7) is 10.8. The van der Waals surface area contributed by atoms with Crippen molar-refractivity contribution in [2.24, 2.45) is 0 Å². The van der Waals surface area contributed by atoms with Crippen molar-refractivity contribution in [3.63, 3.8) is 0 Å². The molecule has 6 aromatic heterocycles. The number of hydrogen-bond donors (Lipinski definition) is 0. The second kappa shape index (κ2) is 19.5. The summed E-state index contributed by atoms with van der Waals surface area (Å²) in [4.78, 5) is 0. The lowest BCUT2D eigenvalue weighted by Crippen LogP contribution is -2.35. The predicted octanol–water partition coefficient (Wildman–Crippen LogP) is 6.97. The van der Waals surface area contributed by atoms with E-state index < -0.39 is 0 Å². The highest BCUT2D eigenvalue weighted by Gasteiger charge is 2.10. The van der Waals surface area contributed by atoms with Crippen molar-refractivity contribution < 1.29 is 27.4 Å². The van der Waals surface area contributed by atoms with E-state index in [1.54, 1.807) is 0 Å². The van der Waals surface area contributed by atoms with Crippen molar-refractivity contribution in [2.75, 3.05) is 0 Å². The monoisotopic (exact) mass is 694 g/mol. The first-order valence-electron chi connectivity index (χ1n) is 19.6. The Labute approximate surface area is 311 Å². The number of pyridine rings is 6. The number of unbranched alkanes of at least 4 members (excludes halogenated alkanes) is 4. The molecule has 0 aliphatic carbocycles. The topological polar surface area (TPSA) is 23.3 Å². The van der Waals surface area contributed by atoms with Crippen molar-refractivity contribution in [1.82, 2.24) is 0 Å². The van der Waals surface area contributed by atoms with Gasteiger partial charge in [0.05, 0.1) is 0 Å². The minimum Gasteiger partial charge on any atom is -0.205 e. The third-order valence-corrected chi connectivity index (χ3v) is 10.1. The molecule has 0 aliphatic rings. The van der Waals surface area contributed by atoms with Crippen molar-refractivity contribution >= 4 is 0 Å². The molecule has 0 N–H and O–H groups in total. The van der Waals surface area contributed by atoms with Crippen LogP contribution in [-0.4, -0.2) is 0 Å². The molecule has 6 nitrogen and oxygen atoms in total. The van der Waals surface area contributed by atoms with Gasteiger partial charge >= 0.3 is 0 Å². The van der Waals surface area contributed by atoms with E-state index in [4.69, 9.17) is 0 Å². The summed E-state index contributed by atoms with van der Waals surface area (Å²) < 4.78 is 13.8. The predicted molar refractivity (Wildman–Crippen MR) is 205 cm³/mol. The minimum absolute atomic E-state index is 1.03. The zero-order valence-corrected chi connectivity index (χ0v) is 31.4. The summed E-state index contributed by atoms with van der Waals surface area (Å²) in [6.07, 6.45) is 36.0. The molecular weight excluding hydrogens is 637 g/mol. The standard InChI is InChI=1S/C46H58N6/c1-3-5-23-47-29-11-41(12-30-47)43-15-33-49(34-16-43)25-7-9-27-51-37-19-45(20-38-51)46-21-39-52(40-22-46)28-10-8-26-50-35-17-44(18-36-50)42-13-31-48(32-14-42)24-6-4-2/h11-22,29-40H,3-10,23-28H2,1-2H3/q+6. The largest absolute Gasteiger partial charge is 0.205 e. The van der Waals surface area contributed by atoms with E-state index in [1.165, 1.54) is 59.1 Å². The summed E-state index contributed by atoms with van der Waals surface area (Å²) in [7, 11) is 0. The van der Waals surface area contributed by atoms with Gasteiger partial charge in [-0.25, -0.2) is 27.4 Å². The van der Waals surface area contributed by atoms with E-state index in [0.29, 0.717) is 0 Å². The third kappa shape index (κ3) is 10.9. The second-order valence-corrected chi connectivity index (χ2v) is 14.1. The van der Waals surface area contributed by atoms with Crippen LogP contribution in [0.4, 0.5) is 0 Å². The van der Waals surface area contributed by atoms with E-state index in [2.05, 4.69) is 188 Å². The molecule has 0 bridgehead atoms. The Kier molecular flexibility index (Phi) is 13.8. The quantitative estimate of drug-likeness (QED) is 0.0646. The zero-order valence-electron chi connectivity index (χ0n) is 31.4. The molecule has 0 aliphatic heterocycles. The van der Waals surface area contributed by atoms with Crippen molar-refractivity contribution in [1.29, 1.82) is 0 Å². The van der Waals surface area contributed by atoms with E-state index in [-0.39, 0.29) is 0 Å². The maximum atomic E-state index is 2.30. The van der Waals surface area contributed by atoms with Gasteiger partial charge < -0.3 is 0 Å². The lowest BCUT2D eigenvalue weighted by Gasteiger charge is -2.03. The van der Waals surface area contributed by atoms with Crippen LogP contribution in [0.15, 0.2) is 147 Å². The second-order valence-electron chi connectivity index (χ2n) is 14.1. The molecule has 0 unspecified atom stereocenters. The Bertz CT molecular complexity index is 1760. The molecule has 0 fully saturated rings. The number of nitrogens with zero attached hydrogens (tertiary/aromatic N) is 6. The summed E-state index contributed by atoms with van der Waals surface area (Å²) in [5.74, 6) is 0. The molecule has 6 heteroatoms. The van der Waals surface area contributed by atoms with Gasteiger partial charge in [-0.2, -0.15) is 0 Å². The molecule has 0 aromatic carbocycles. The molecule has 266 valence electrons. The fourth-order valence-electron chi connectivity index (χ4n) is 6.65. The van der Waals surface area contributed by atoms with Gasteiger partial charge in [-0.05, 0) is 33.4 Å². The van der Waals surface area contributed by atoms with Gasteiger partial charge in [-0.3, -0.25) is 0 Å². The van der Waals surface area contributed by atoms with E-state index in [1.807, 2.05) is 0 Å². The van der Waals surface area contributed by atoms with Gasteiger partial charge in [0.15, 0.2) is 74.4 Å². The van der Waals surface area contributed by atoms with Crippen molar-refractivity contribution in [3.05, 3.63) is 147 Å². The smallest absolute Gasteiger partial charge is 0.169 e. The van der Waals surface area contributed by atoms with Crippen molar-refractivity contribution in [3.8, 4) is 33.4 Å². The Morgan fingerprint density at radius 2 is 0.404 bits per heavy atom. The van der Waals surface area contributed by atoms with E-state index in [9.17, 15) is 0 Å². The van der Waals surface area contributed by atoms with Gasteiger partial charge in [0.25, 0.3) is 0 Å². The maximum absolute atomic E-state index is 2.30. The molecule has 0 radical (unpaired) electrons. The molecule has 0 saturated heterocycles. The highest BCUT2D eigenvalue weighted by atomic mass is 15.0. The highest BCUT2D eigenvalue weighted by Crippen LogP contribution is 2.18. The number of aryl methyl sites for hydroxylation is 6. The van der Waals surface area contributed by atoms with Crippen LogP contribution in [0, 0.1) is 0 Å². The SMILES string of the molecule is CCCC[n+]1ccc(-c2cc[n+](CCCC[n+]3ccc(-c4cc[n+](CCCC[n+]5ccc(-c6cc[n+](CCCC)cc6)cc5)cc4)cc3)cc2)cc1. The van der Waals surface area contributed by atoms with Crippen molar-refractivity contribution in [2.45, 2.75) is 104 Å². The molecule has 0 saturated carbocycles. The number of rotatable bonds is 19. The van der Waals surface area contributed by atoms with Crippen LogP contribution in [0.1, 0.15) is 65.2 Å². The minimum atomic E-state index is 1.03. The average molecular weight is 695 g/mol. The lowest BCUT2D eigenvalue weighted by molar-refractivity contribution is -0.708. The third-order valence-electron chi connectivity index (χ3n) is 10.1. The Morgan fingerprint density at radius 3 is 0.558 bits per heavy atom. The van der Waals surface area contributed by atoms with Gasteiger partial charge in [0.1, 0.15) is 39.3 Å². The van der Waals surface area contributed by atoms with Crippen LogP contribution in [-0.2, 0) is 39.3 Å². The van der Waals surface area contributed by atoms with Crippen LogP contribution in [0.25, 0.3) is 33.4 Å². The maximum Gasteiger partial charge on any atom is 0.169 e. The van der Waals surface area contributed by atoms with Crippen LogP contribution in [0.2, 0.25) is 0 Å². The summed E-state index contributed by atoms with van der Waals surface area (Å²) >= 11 is 0. The van der Waals surface area contributed by atoms with Crippen LogP contribution in [0.3, 0.4) is 0 Å².